The molecule has 104 valence electrons. The van der Waals surface area contributed by atoms with Crippen LogP contribution in [0, 0.1) is 0 Å². The Morgan fingerprint density at radius 1 is 1.25 bits per heavy atom. The predicted octanol–water partition coefficient (Wildman–Crippen LogP) is 1.59. The number of fused-ring (bicyclic) bond motifs is 1. The standard InChI is InChI=1S/C15H18N4O/c20-15(17-7-8-19-11-16-10-18-19)14-6-5-12-3-1-2-4-13(12)9-14/h5-6,9-11H,1-4,7-8H2,(H,17,20). The van der Waals surface area contributed by atoms with Gasteiger partial charge in [-0.05, 0) is 48.9 Å². The number of rotatable bonds is 4. The van der Waals surface area contributed by atoms with E-state index in [1.165, 1.54) is 30.3 Å². The second-order valence-electron chi connectivity index (χ2n) is 5.11. The van der Waals surface area contributed by atoms with Crippen molar-refractivity contribution in [3.63, 3.8) is 0 Å². The first-order chi connectivity index (χ1) is 9.83. The van der Waals surface area contributed by atoms with Gasteiger partial charge in [0.25, 0.3) is 5.91 Å². The number of amides is 1. The van der Waals surface area contributed by atoms with Crippen molar-refractivity contribution < 1.29 is 4.79 Å². The minimum absolute atomic E-state index is 0.0153. The summed E-state index contributed by atoms with van der Waals surface area (Å²) in [4.78, 5) is 16.0. The van der Waals surface area contributed by atoms with Crippen LogP contribution in [0.3, 0.4) is 0 Å². The highest BCUT2D eigenvalue weighted by atomic mass is 16.1. The van der Waals surface area contributed by atoms with E-state index in [0.29, 0.717) is 13.1 Å². The van der Waals surface area contributed by atoms with Gasteiger partial charge in [0.1, 0.15) is 12.7 Å². The number of hydrogen-bond acceptors (Lipinski definition) is 3. The molecule has 20 heavy (non-hydrogen) atoms. The fraction of sp³-hybridized carbons (Fsp3) is 0.400. The maximum atomic E-state index is 12.1. The lowest BCUT2D eigenvalue weighted by Crippen LogP contribution is -2.27. The molecule has 0 unspecified atom stereocenters. The molecule has 1 aliphatic rings. The highest BCUT2D eigenvalue weighted by Gasteiger charge is 2.12. The number of aryl methyl sites for hydroxylation is 2. The third-order valence-corrected chi connectivity index (χ3v) is 3.70. The highest BCUT2D eigenvalue weighted by Crippen LogP contribution is 2.22. The van der Waals surface area contributed by atoms with Crippen molar-refractivity contribution >= 4 is 5.91 Å². The molecule has 0 radical (unpaired) electrons. The van der Waals surface area contributed by atoms with Gasteiger partial charge in [0.05, 0.1) is 6.54 Å². The zero-order valence-electron chi connectivity index (χ0n) is 11.4. The first-order valence-electron chi connectivity index (χ1n) is 7.05. The number of carbonyl (C=O) groups excluding carboxylic acids is 1. The van der Waals surface area contributed by atoms with Gasteiger partial charge in [0.15, 0.2) is 0 Å². The van der Waals surface area contributed by atoms with Crippen molar-refractivity contribution in [1.29, 1.82) is 0 Å². The number of nitrogens with one attached hydrogen (secondary N) is 1. The van der Waals surface area contributed by atoms with Crippen LogP contribution in [-0.2, 0) is 19.4 Å². The lowest BCUT2D eigenvalue weighted by atomic mass is 9.90. The molecular formula is C15H18N4O. The van der Waals surface area contributed by atoms with Crippen LogP contribution in [0.4, 0.5) is 0 Å². The fourth-order valence-electron chi connectivity index (χ4n) is 2.61. The van der Waals surface area contributed by atoms with Crippen LogP contribution in [-0.4, -0.2) is 27.2 Å². The van der Waals surface area contributed by atoms with E-state index >= 15 is 0 Å². The van der Waals surface area contributed by atoms with Crippen LogP contribution in [0.1, 0.15) is 34.3 Å². The van der Waals surface area contributed by atoms with Crippen molar-refractivity contribution in [3.05, 3.63) is 47.5 Å². The molecule has 1 aromatic heterocycles. The van der Waals surface area contributed by atoms with Gasteiger partial charge in [-0.3, -0.25) is 9.48 Å². The number of aromatic nitrogens is 3. The Morgan fingerprint density at radius 2 is 2.10 bits per heavy atom. The second kappa shape index (κ2) is 5.86. The van der Waals surface area contributed by atoms with Gasteiger partial charge in [0, 0.05) is 12.1 Å². The molecule has 5 heteroatoms. The van der Waals surface area contributed by atoms with Crippen LogP contribution in [0.15, 0.2) is 30.9 Å². The molecule has 0 bridgehead atoms. The molecule has 3 rings (SSSR count). The monoisotopic (exact) mass is 270 g/mol. The molecule has 0 saturated carbocycles. The zero-order chi connectivity index (χ0) is 13.8. The van der Waals surface area contributed by atoms with Crippen molar-refractivity contribution in [1.82, 2.24) is 20.1 Å². The van der Waals surface area contributed by atoms with E-state index in [1.54, 1.807) is 11.0 Å². The first kappa shape index (κ1) is 12.8. The summed E-state index contributed by atoms with van der Waals surface area (Å²) >= 11 is 0. The van der Waals surface area contributed by atoms with Gasteiger partial charge in [-0.1, -0.05) is 6.07 Å². The Bertz CT molecular complexity index is 592. The van der Waals surface area contributed by atoms with E-state index in [0.717, 1.165) is 18.4 Å². The molecule has 0 fully saturated rings. The molecule has 0 atom stereocenters. The summed E-state index contributed by atoms with van der Waals surface area (Å²) in [6.07, 6.45) is 7.86. The van der Waals surface area contributed by atoms with Crippen LogP contribution >= 0.6 is 0 Å². The molecule has 1 amide bonds. The largest absolute Gasteiger partial charge is 0.350 e. The Hall–Kier alpha value is -2.17. The van der Waals surface area contributed by atoms with Crippen molar-refractivity contribution in [2.24, 2.45) is 0 Å². The Morgan fingerprint density at radius 3 is 2.90 bits per heavy atom. The minimum Gasteiger partial charge on any atom is -0.350 e. The van der Waals surface area contributed by atoms with E-state index in [9.17, 15) is 4.79 Å². The van der Waals surface area contributed by atoms with Crippen LogP contribution in [0.25, 0.3) is 0 Å². The van der Waals surface area contributed by atoms with Gasteiger partial charge < -0.3 is 5.32 Å². The second-order valence-corrected chi connectivity index (χ2v) is 5.11. The van der Waals surface area contributed by atoms with Crippen molar-refractivity contribution in [2.45, 2.75) is 32.2 Å². The fourth-order valence-corrected chi connectivity index (χ4v) is 2.61. The maximum absolute atomic E-state index is 12.1. The molecule has 0 saturated heterocycles. The van der Waals surface area contributed by atoms with E-state index < -0.39 is 0 Å². The van der Waals surface area contributed by atoms with E-state index in [1.807, 2.05) is 12.1 Å². The van der Waals surface area contributed by atoms with Crippen molar-refractivity contribution in [3.8, 4) is 0 Å². The van der Waals surface area contributed by atoms with Gasteiger partial charge in [-0.25, -0.2) is 4.98 Å². The van der Waals surface area contributed by atoms with Crippen molar-refractivity contribution in [2.75, 3.05) is 6.54 Å². The predicted molar refractivity (Wildman–Crippen MR) is 75.4 cm³/mol. The average Bonchev–Trinajstić information content (AvgIpc) is 3.00. The lowest BCUT2D eigenvalue weighted by molar-refractivity contribution is 0.0952. The average molecular weight is 270 g/mol. The van der Waals surface area contributed by atoms with Crippen LogP contribution in [0.5, 0.6) is 0 Å². The Labute approximate surface area is 118 Å². The first-order valence-corrected chi connectivity index (χ1v) is 7.05. The third-order valence-electron chi connectivity index (χ3n) is 3.70. The molecule has 1 aliphatic carbocycles. The summed E-state index contributed by atoms with van der Waals surface area (Å²) in [5.74, 6) is -0.0153. The maximum Gasteiger partial charge on any atom is 0.251 e. The van der Waals surface area contributed by atoms with E-state index in [4.69, 9.17) is 0 Å². The smallest absolute Gasteiger partial charge is 0.251 e. The molecule has 1 aromatic carbocycles. The van der Waals surface area contributed by atoms with Gasteiger partial charge in [-0.2, -0.15) is 5.10 Å². The number of hydrogen-bond donors (Lipinski definition) is 1. The Balaban J connectivity index is 1.59. The van der Waals surface area contributed by atoms with Crippen LogP contribution in [0.2, 0.25) is 0 Å². The molecule has 1 heterocycles. The molecule has 1 N–H and O–H groups in total. The van der Waals surface area contributed by atoms with E-state index in [-0.39, 0.29) is 5.91 Å². The topological polar surface area (TPSA) is 59.8 Å². The number of benzene rings is 1. The molecule has 2 aromatic rings. The van der Waals surface area contributed by atoms with Gasteiger partial charge in [-0.15, -0.1) is 0 Å². The lowest BCUT2D eigenvalue weighted by Gasteiger charge is -2.16. The van der Waals surface area contributed by atoms with E-state index in [2.05, 4.69) is 21.5 Å². The SMILES string of the molecule is O=C(NCCn1cncn1)c1ccc2c(c1)CCCC2. The Kier molecular flexibility index (Phi) is 3.76. The summed E-state index contributed by atoms with van der Waals surface area (Å²) in [6.45, 7) is 1.19. The highest BCUT2D eigenvalue weighted by molar-refractivity contribution is 5.94. The molecule has 0 spiro atoms. The molecule has 0 aliphatic heterocycles. The van der Waals surface area contributed by atoms with Gasteiger partial charge >= 0.3 is 0 Å². The van der Waals surface area contributed by atoms with Gasteiger partial charge in [0.2, 0.25) is 0 Å². The third kappa shape index (κ3) is 2.87. The minimum atomic E-state index is -0.0153. The summed E-state index contributed by atoms with van der Waals surface area (Å²) in [6, 6.07) is 6.06. The number of nitrogens with zero attached hydrogens (tertiary/aromatic N) is 3. The summed E-state index contributed by atoms with van der Waals surface area (Å²) in [5, 5.41) is 6.91. The summed E-state index contributed by atoms with van der Waals surface area (Å²) in [7, 11) is 0. The zero-order valence-corrected chi connectivity index (χ0v) is 11.4. The normalized spacial score (nSPS) is 13.8. The number of carbonyl (C=O) groups is 1. The molecular weight excluding hydrogens is 252 g/mol. The quantitative estimate of drug-likeness (QED) is 0.917. The van der Waals surface area contributed by atoms with Crippen LogP contribution < -0.4 is 5.32 Å². The summed E-state index contributed by atoms with van der Waals surface area (Å²) < 4.78 is 1.70. The summed E-state index contributed by atoms with van der Waals surface area (Å²) in [5.41, 5.74) is 3.49. The molecule has 5 nitrogen and oxygen atoms in total.